The van der Waals surface area contributed by atoms with Crippen LogP contribution in [0, 0.1) is 0 Å². The van der Waals surface area contributed by atoms with Crippen LogP contribution < -0.4 is 5.32 Å². The highest BCUT2D eigenvalue weighted by molar-refractivity contribution is 5.76. The molecule has 0 saturated carbocycles. The minimum atomic E-state index is -0.660. The van der Waals surface area contributed by atoms with E-state index in [1.165, 1.54) is 417 Å². The van der Waals surface area contributed by atoms with Crippen molar-refractivity contribution in [3.8, 4) is 0 Å². The third-order valence-electron chi connectivity index (χ3n) is 19.9. The number of carbonyl (C=O) groups excluding carboxylic acids is 2. The van der Waals surface area contributed by atoms with Gasteiger partial charge in [-0.2, -0.15) is 0 Å². The number of nitrogens with one attached hydrogen (secondary N) is 1. The van der Waals surface area contributed by atoms with E-state index in [1.54, 1.807) is 0 Å². The molecule has 6 heteroatoms. The van der Waals surface area contributed by atoms with Crippen LogP contribution in [0.2, 0.25) is 0 Å². The van der Waals surface area contributed by atoms with Crippen molar-refractivity contribution in [2.45, 2.75) is 501 Å². The third-order valence-corrected chi connectivity index (χ3v) is 19.9. The molecule has 0 radical (unpaired) electrons. The Labute approximate surface area is 553 Å². The van der Waals surface area contributed by atoms with Gasteiger partial charge >= 0.3 is 5.97 Å². The van der Waals surface area contributed by atoms with Gasteiger partial charge in [0.25, 0.3) is 0 Å². The first kappa shape index (κ1) is 86.9. The molecule has 2 unspecified atom stereocenters. The normalized spacial score (nSPS) is 12.4. The van der Waals surface area contributed by atoms with E-state index >= 15 is 0 Å². The summed E-state index contributed by atoms with van der Waals surface area (Å²) in [5, 5.41) is 23.4. The first-order chi connectivity index (χ1) is 43.5. The third kappa shape index (κ3) is 73.9. The Hall–Kier alpha value is -1.14. The summed E-state index contributed by atoms with van der Waals surface area (Å²) in [5.41, 5.74) is 0. The van der Waals surface area contributed by atoms with E-state index in [-0.39, 0.29) is 18.5 Å². The van der Waals surface area contributed by atoms with Crippen LogP contribution in [0.5, 0.6) is 0 Å². The van der Waals surface area contributed by atoms with E-state index < -0.39 is 12.1 Å². The van der Waals surface area contributed by atoms with Crippen molar-refractivity contribution < 1.29 is 24.5 Å². The molecule has 0 aromatic heterocycles. The van der Waals surface area contributed by atoms with Crippen molar-refractivity contribution >= 4 is 11.9 Å². The van der Waals surface area contributed by atoms with Crippen molar-refractivity contribution in [2.75, 3.05) is 13.2 Å². The zero-order valence-electron chi connectivity index (χ0n) is 60.5. The molecule has 0 aromatic carbocycles. The van der Waals surface area contributed by atoms with Crippen LogP contribution in [0.1, 0.15) is 489 Å². The minimum Gasteiger partial charge on any atom is -0.466 e. The van der Waals surface area contributed by atoms with Crippen LogP contribution in [0.25, 0.3) is 0 Å². The summed E-state index contributed by atoms with van der Waals surface area (Å²) in [6.45, 7) is 5.02. The summed E-state index contributed by atoms with van der Waals surface area (Å²) in [5.74, 6) is 0.00432. The van der Waals surface area contributed by atoms with Crippen LogP contribution in [0.3, 0.4) is 0 Å². The molecule has 0 aliphatic heterocycles. The lowest BCUT2D eigenvalue weighted by molar-refractivity contribution is -0.143. The highest BCUT2D eigenvalue weighted by Gasteiger charge is 2.20. The summed E-state index contributed by atoms with van der Waals surface area (Å²) in [4.78, 5) is 24.7. The number of hydrogen-bond acceptors (Lipinski definition) is 5. The second-order valence-corrected chi connectivity index (χ2v) is 28.8. The Bertz CT molecular complexity index is 1290. The maximum Gasteiger partial charge on any atom is 0.305 e. The van der Waals surface area contributed by atoms with Gasteiger partial charge in [0.05, 0.1) is 25.4 Å². The van der Waals surface area contributed by atoms with Crippen molar-refractivity contribution in [3.63, 3.8) is 0 Å². The lowest BCUT2D eigenvalue weighted by atomic mass is 10.0. The van der Waals surface area contributed by atoms with Gasteiger partial charge in [0, 0.05) is 12.8 Å². The molecule has 0 bridgehead atoms. The first-order valence-electron chi connectivity index (χ1n) is 41.3. The van der Waals surface area contributed by atoms with Gasteiger partial charge < -0.3 is 20.3 Å². The molecule has 3 N–H and O–H groups in total. The smallest absolute Gasteiger partial charge is 0.305 e. The molecule has 0 heterocycles. The first-order valence-corrected chi connectivity index (χ1v) is 41.3. The summed E-state index contributed by atoms with van der Waals surface area (Å²) < 4.78 is 5.51. The van der Waals surface area contributed by atoms with E-state index in [1.807, 2.05) is 0 Å². The van der Waals surface area contributed by atoms with Crippen molar-refractivity contribution in [3.05, 3.63) is 0 Å². The van der Waals surface area contributed by atoms with E-state index in [4.69, 9.17) is 4.74 Å². The summed E-state index contributed by atoms with van der Waals surface area (Å²) in [7, 11) is 0. The molecule has 0 spiro atoms. The molecule has 0 saturated heterocycles. The number of amides is 1. The zero-order valence-corrected chi connectivity index (χ0v) is 60.5. The highest BCUT2D eigenvalue weighted by Crippen LogP contribution is 2.21. The predicted octanol–water partition coefficient (Wildman–Crippen LogP) is 27.3. The van der Waals surface area contributed by atoms with Crippen LogP contribution in [0.15, 0.2) is 0 Å². The lowest BCUT2D eigenvalue weighted by Crippen LogP contribution is -2.45. The molecular weight excluding hydrogens is 1080 g/mol. The average molecular weight is 1240 g/mol. The number of aliphatic hydroxyl groups is 2. The van der Waals surface area contributed by atoms with Gasteiger partial charge in [-0.1, -0.05) is 450 Å². The largest absolute Gasteiger partial charge is 0.466 e. The molecular formula is C82H163NO5. The summed E-state index contributed by atoms with van der Waals surface area (Å²) in [6, 6.07) is -0.537. The number of hydrogen-bond donors (Lipinski definition) is 3. The maximum absolute atomic E-state index is 12.6. The van der Waals surface area contributed by atoms with Crippen molar-refractivity contribution in [2.24, 2.45) is 0 Å². The second kappa shape index (κ2) is 78.3. The minimum absolute atomic E-state index is 0.0235. The molecule has 6 nitrogen and oxygen atoms in total. The standard InChI is InChI=1S/C82H163NO5/c1-3-5-7-9-11-13-15-17-19-20-40-43-47-50-54-58-62-66-70-74-80(85)79(78-84)83-81(86)75-71-67-63-59-55-51-48-44-41-38-36-34-32-30-28-26-24-22-21-23-25-27-29-31-33-35-37-39-42-45-49-53-57-61-65-69-73-77-88-82(87)76-72-68-64-60-56-52-46-18-16-14-12-10-8-6-4-2/h79-80,84-85H,3-78H2,1-2H3,(H,83,86). The average Bonchev–Trinajstić information content (AvgIpc) is 3.58. The fraction of sp³-hybridized carbons (Fsp3) is 0.976. The van der Waals surface area contributed by atoms with Crippen LogP contribution in [-0.4, -0.2) is 47.4 Å². The Morgan fingerprint density at radius 3 is 0.693 bits per heavy atom. The maximum atomic E-state index is 12.6. The molecule has 88 heavy (non-hydrogen) atoms. The number of ether oxygens (including phenoxy) is 1. The van der Waals surface area contributed by atoms with Crippen molar-refractivity contribution in [1.29, 1.82) is 0 Å². The van der Waals surface area contributed by atoms with Crippen LogP contribution in [0.4, 0.5) is 0 Å². The van der Waals surface area contributed by atoms with Crippen LogP contribution in [-0.2, 0) is 14.3 Å². The molecule has 0 aromatic rings. The van der Waals surface area contributed by atoms with Gasteiger partial charge in [0.1, 0.15) is 0 Å². The zero-order chi connectivity index (χ0) is 63.5. The number of aliphatic hydroxyl groups excluding tert-OH is 2. The summed E-state index contributed by atoms with van der Waals surface area (Å²) in [6.07, 6.45) is 97.9. The van der Waals surface area contributed by atoms with E-state index in [0.717, 1.165) is 38.5 Å². The fourth-order valence-corrected chi connectivity index (χ4v) is 13.6. The van der Waals surface area contributed by atoms with Gasteiger partial charge in [-0.05, 0) is 25.7 Å². The number of unbranched alkanes of at least 4 members (excludes halogenated alkanes) is 68. The molecule has 2 atom stereocenters. The Morgan fingerprint density at radius 2 is 0.466 bits per heavy atom. The molecule has 0 fully saturated rings. The van der Waals surface area contributed by atoms with Gasteiger partial charge in [-0.15, -0.1) is 0 Å². The Morgan fingerprint density at radius 1 is 0.273 bits per heavy atom. The number of esters is 1. The molecule has 0 rings (SSSR count). The Balaban J connectivity index is 3.29. The lowest BCUT2D eigenvalue weighted by Gasteiger charge is -2.22. The van der Waals surface area contributed by atoms with Gasteiger partial charge in [0.2, 0.25) is 5.91 Å². The highest BCUT2D eigenvalue weighted by atomic mass is 16.5. The fourth-order valence-electron chi connectivity index (χ4n) is 13.6. The van der Waals surface area contributed by atoms with Crippen LogP contribution >= 0.6 is 0 Å². The van der Waals surface area contributed by atoms with Gasteiger partial charge in [0.15, 0.2) is 0 Å². The van der Waals surface area contributed by atoms with E-state index in [0.29, 0.717) is 25.9 Å². The quantitative estimate of drug-likeness (QED) is 0.0417. The number of rotatable bonds is 79. The SMILES string of the molecule is CCCCCCCCCCCCCCCCCCCCCC(O)C(CO)NC(=O)CCCCCCCCCCCCCCCCCCCCCCCCCCCCCCCCCCCCCCCOC(=O)CCCCCCCCCCCCCCCCC. The van der Waals surface area contributed by atoms with Crippen molar-refractivity contribution in [1.82, 2.24) is 5.32 Å². The molecule has 526 valence electrons. The number of carbonyl (C=O) groups is 2. The molecule has 0 aliphatic rings. The van der Waals surface area contributed by atoms with Gasteiger partial charge in [-0.3, -0.25) is 9.59 Å². The van der Waals surface area contributed by atoms with E-state index in [9.17, 15) is 19.8 Å². The Kier molecular flexibility index (Phi) is 77.3. The second-order valence-electron chi connectivity index (χ2n) is 28.8. The van der Waals surface area contributed by atoms with E-state index in [2.05, 4.69) is 19.2 Å². The molecule has 0 aliphatic carbocycles. The predicted molar refractivity (Wildman–Crippen MR) is 389 cm³/mol. The summed E-state index contributed by atoms with van der Waals surface area (Å²) >= 11 is 0. The monoisotopic (exact) mass is 1240 g/mol. The molecule has 1 amide bonds. The topological polar surface area (TPSA) is 95.9 Å². The van der Waals surface area contributed by atoms with Gasteiger partial charge in [-0.25, -0.2) is 0 Å².